The Morgan fingerprint density at radius 3 is 2.83 bits per heavy atom. The minimum Gasteiger partial charge on any atom is -0.478 e. The molecule has 2 aliphatic rings. The molecule has 2 aromatic rings. The number of hydrogen-bond acceptors (Lipinski definition) is 3. The van der Waals surface area contributed by atoms with E-state index in [9.17, 15) is 9.59 Å². The van der Waals surface area contributed by atoms with Gasteiger partial charge in [-0.05, 0) is 54.2 Å². The fraction of sp³-hybridized carbons (Fsp3) is 0.316. The minimum absolute atomic E-state index is 0.180. The number of fused-ring (bicyclic) bond motifs is 1. The van der Waals surface area contributed by atoms with Crippen LogP contribution < -0.4 is 0 Å². The summed E-state index contributed by atoms with van der Waals surface area (Å²) in [5.74, 6) is -0.742. The van der Waals surface area contributed by atoms with Crippen molar-refractivity contribution in [3.8, 4) is 0 Å². The van der Waals surface area contributed by atoms with Crippen LogP contribution in [0, 0.1) is 5.41 Å². The maximum absolute atomic E-state index is 13.0. The summed E-state index contributed by atoms with van der Waals surface area (Å²) in [7, 11) is 0. The van der Waals surface area contributed by atoms with Gasteiger partial charge < -0.3 is 10.0 Å². The molecule has 0 bridgehead atoms. The van der Waals surface area contributed by atoms with Gasteiger partial charge in [0.1, 0.15) is 0 Å². The van der Waals surface area contributed by atoms with E-state index in [1.807, 2.05) is 23.1 Å². The van der Waals surface area contributed by atoms with Gasteiger partial charge in [0, 0.05) is 25.5 Å². The summed E-state index contributed by atoms with van der Waals surface area (Å²) < 4.78 is 0. The highest BCUT2D eigenvalue weighted by atomic mass is 16.4. The van der Waals surface area contributed by atoms with Crippen LogP contribution in [0.4, 0.5) is 0 Å². The lowest BCUT2D eigenvalue weighted by Gasteiger charge is -2.22. The van der Waals surface area contributed by atoms with Gasteiger partial charge in [0.15, 0.2) is 0 Å². The number of aromatic nitrogens is 1. The molecule has 5 heteroatoms. The van der Waals surface area contributed by atoms with E-state index in [4.69, 9.17) is 5.11 Å². The number of pyridine rings is 1. The average molecular weight is 322 g/mol. The topological polar surface area (TPSA) is 70.5 Å². The van der Waals surface area contributed by atoms with E-state index in [1.54, 1.807) is 24.5 Å². The first-order valence-corrected chi connectivity index (χ1v) is 8.11. The highest BCUT2D eigenvalue weighted by molar-refractivity contribution is 5.89. The largest absolute Gasteiger partial charge is 0.478 e. The van der Waals surface area contributed by atoms with Gasteiger partial charge in [-0.2, -0.15) is 0 Å². The number of hydrogen-bond donors (Lipinski definition) is 1. The van der Waals surface area contributed by atoms with E-state index < -0.39 is 5.97 Å². The number of benzene rings is 1. The van der Waals surface area contributed by atoms with Crippen molar-refractivity contribution >= 4 is 11.9 Å². The Morgan fingerprint density at radius 1 is 1.25 bits per heavy atom. The molecule has 2 heterocycles. The zero-order valence-corrected chi connectivity index (χ0v) is 13.2. The molecule has 1 atom stereocenters. The molecule has 1 amide bonds. The van der Waals surface area contributed by atoms with Crippen LogP contribution in [-0.4, -0.2) is 33.4 Å². The fourth-order valence-electron chi connectivity index (χ4n) is 3.97. The van der Waals surface area contributed by atoms with Gasteiger partial charge in [-0.3, -0.25) is 9.78 Å². The van der Waals surface area contributed by atoms with Crippen molar-refractivity contribution in [1.29, 1.82) is 0 Å². The van der Waals surface area contributed by atoms with E-state index in [1.165, 1.54) is 0 Å². The zero-order chi connectivity index (χ0) is 16.7. The molecule has 4 rings (SSSR count). The molecule has 1 spiro atoms. The van der Waals surface area contributed by atoms with Gasteiger partial charge in [-0.1, -0.05) is 12.1 Å². The SMILES string of the molecule is O=C(O)c1ccc2c(c1)C[C@@]1(CCN(Cc3cccnc3)C1=O)C2. The lowest BCUT2D eigenvalue weighted by Crippen LogP contribution is -2.34. The van der Waals surface area contributed by atoms with Gasteiger partial charge in [-0.15, -0.1) is 0 Å². The summed E-state index contributed by atoms with van der Waals surface area (Å²) in [6.07, 6.45) is 5.70. The maximum atomic E-state index is 13.0. The molecular weight excluding hydrogens is 304 g/mol. The fourth-order valence-corrected chi connectivity index (χ4v) is 3.97. The Labute approximate surface area is 139 Å². The number of carbonyl (C=O) groups excluding carboxylic acids is 1. The summed E-state index contributed by atoms with van der Waals surface area (Å²) >= 11 is 0. The highest BCUT2D eigenvalue weighted by Crippen LogP contribution is 2.45. The second-order valence-corrected chi connectivity index (χ2v) is 6.76. The monoisotopic (exact) mass is 322 g/mol. The van der Waals surface area contributed by atoms with Crippen molar-refractivity contribution in [2.45, 2.75) is 25.8 Å². The van der Waals surface area contributed by atoms with Gasteiger partial charge in [0.2, 0.25) is 5.91 Å². The molecule has 1 aliphatic heterocycles. The van der Waals surface area contributed by atoms with Crippen LogP contribution in [-0.2, 0) is 24.2 Å². The molecule has 0 radical (unpaired) electrons. The van der Waals surface area contributed by atoms with Gasteiger partial charge in [0.05, 0.1) is 11.0 Å². The second kappa shape index (κ2) is 5.44. The third kappa shape index (κ3) is 2.37. The Bertz CT molecular complexity index is 819. The highest BCUT2D eigenvalue weighted by Gasteiger charge is 2.49. The van der Waals surface area contributed by atoms with Crippen LogP contribution in [0.3, 0.4) is 0 Å². The first-order chi connectivity index (χ1) is 11.6. The quantitative estimate of drug-likeness (QED) is 0.941. The van der Waals surface area contributed by atoms with Crippen LogP contribution in [0.25, 0.3) is 0 Å². The number of carbonyl (C=O) groups is 2. The molecule has 0 unspecified atom stereocenters. The first-order valence-electron chi connectivity index (χ1n) is 8.11. The van der Waals surface area contributed by atoms with E-state index in [2.05, 4.69) is 4.98 Å². The number of likely N-dealkylation sites (tertiary alicyclic amines) is 1. The van der Waals surface area contributed by atoms with Crippen molar-refractivity contribution < 1.29 is 14.7 Å². The third-order valence-electron chi connectivity index (χ3n) is 5.21. The van der Waals surface area contributed by atoms with Crippen LogP contribution in [0.2, 0.25) is 0 Å². The van der Waals surface area contributed by atoms with Crippen molar-refractivity contribution in [3.05, 3.63) is 65.0 Å². The molecule has 1 aromatic carbocycles. The van der Waals surface area contributed by atoms with Crippen LogP contribution in [0.1, 0.15) is 33.5 Å². The number of aromatic carboxylic acids is 1. The molecule has 24 heavy (non-hydrogen) atoms. The molecule has 5 nitrogen and oxygen atoms in total. The molecule has 1 fully saturated rings. The lowest BCUT2D eigenvalue weighted by atomic mass is 9.83. The number of rotatable bonds is 3. The van der Waals surface area contributed by atoms with E-state index >= 15 is 0 Å². The van der Waals surface area contributed by atoms with Crippen LogP contribution in [0.15, 0.2) is 42.7 Å². The number of carboxylic acid groups (broad SMARTS) is 1. The Kier molecular flexibility index (Phi) is 3.37. The van der Waals surface area contributed by atoms with E-state index in [-0.39, 0.29) is 11.3 Å². The zero-order valence-electron chi connectivity index (χ0n) is 13.2. The summed E-state index contributed by atoms with van der Waals surface area (Å²) in [5, 5.41) is 9.15. The smallest absolute Gasteiger partial charge is 0.335 e. The van der Waals surface area contributed by atoms with E-state index in [0.717, 1.165) is 29.7 Å². The van der Waals surface area contributed by atoms with Crippen molar-refractivity contribution in [2.75, 3.05) is 6.54 Å². The first kappa shape index (κ1) is 14.9. The standard InChI is InChI=1S/C19H18N2O3/c22-17(23)14-3-4-15-9-19(10-16(15)8-14)5-7-21(18(19)24)12-13-2-1-6-20-11-13/h1-4,6,8,11H,5,7,9-10,12H2,(H,22,23)/t19-/m1/s1. The molecule has 0 saturated carbocycles. The van der Waals surface area contributed by atoms with Crippen molar-refractivity contribution in [1.82, 2.24) is 9.88 Å². The van der Waals surface area contributed by atoms with Gasteiger partial charge >= 0.3 is 5.97 Å². The molecular formula is C19H18N2O3. The Hall–Kier alpha value is -2.69. The number of amides is 1. The normalized spacial score (nSPS) is 22.2. The molecule has 1 aromatic heterocycles. The molecule has 1 aliphatic carbocycles. The summed E-state index contributed by atoms with van der Waals surface area (Å²) in [5.41, 5.74) is 3.06. The van der Waals surface area contributed by atoms with Gasteiger partial charge in [-0.25, -0.2) is 4.79 Å². The Balaban J connectivity index is 1.55. The second-order valence-electron chi connectivity index (χ2n) is 6.76. The molecule has 1 N–H and O–H groups in total. The number of carboxylic acids is 1. The molecule has 122 valence electrons. The summed E-state index contributed by atoms with van der Waals surface area (Å²) in [4.78, 5) is 30.2. The van der Waals surface area contributed by atoms with Crippen LogP contribution in [0.5, 0.6) is 0 Å². The summed E-state index contributed by atoms with van der Waals surface area (Å²) in [6.45, 7) is 1.33. The third-order valence-corrected chi connectivity index (χ3v) is 5.21. The predicted octanol–water partition coefficient (Wildman–Crippen LogP) is 2.30. The predicted molar refractivity (Wildman–Crippen MR) is 87.5 cm³/mol. The average Bonchev–Trinajstić information content (AvgIpc) is 3.10. The van der Waals surface area contributed by atoms with Crippen LogP contribution >= 0.6 is 0 Å². The van der Waals surface area contributed by atoms with Crippen molar-refractivity contribution in [3.63, 3.8) is 0 Å². The van der Waals surface area contributed by atoms with Gasteiger partial charge in [0.25, 0.3) is 0 Å². The minimum atomic E-state index is -0.922. The lowest BCUT2D eigenvalue weighted by molar-refractivity contribution is -0.136. The maximum Gasteiger partial charge on any atom is 0.335 e. The van der Waals surface area contributed by atoms with E-state index in [0.29, 0.717) is 24.9 Å². The van der Waals surface area contributed by atoms with Crippen molar-refractivity contribution in [2.24, 2.45) is 5.41 Å². The summed E-state index contributed by atoms with van der Waals surface area (Å²) in [6, 6.07) is 9.08. The Morgan fingerprint density at radius 2 is 2.08 bits per heavy atom. The molecule has 1 saturated heterocycles. The number of nitrogens with zero attached hydrogens (tertiary/aromatic N) is 2.